The van der Waals surface area contributed by atoms with E-state index in [1.807, 2.05) is 0 Å². The van der Waals surface area contributed by atoms with Crippen LogP contribution in [0.3, 0.4) is 0 Å². The quantitative estimate of drug-likeness (QED) is 0.500. The Morgan fingerprint density at radius 2 is 1.25 bits per heavy atom. The number of hydrogen-bond acceptors (Lipinski definition) is 1. The van der Waals surface area contributed by atoms with E-state index in [0.29, 0.717) is 0 Å². The van der Waals surface area contributed by atoms with Gasteiger partial charge in [0, 0.05) is 21.1 Å². The maximum Gasteiger partial charge on any atom is 0 e. The summed E-state index contributed by atoms with van der Waals surface area (Å²) < 4.78 is 8.18. The van der Waals surface area contributed by atoms with Crippen LogP contribution in [0.2, 0.25) is 0 Å². The van der Waals surface area contributed by atoms with Crippen molar-refractivity contribution < 1.29 is 42.9 Å². The molecule has 0 N–H and O–H groups in total. The van der Waals surface area contributed by atoms with Gasteiger partial charge in [-0.3, -0.25) is 0 Å². The van der Waals surface area contributed by atoms with E-state index in [-0.39, 0.29) is 38.4 Å². The standard InChI is InChI=1S/Al.O.Pt.Ru.3H. The van der Waals surface area contributed by atoms with Crippen LogP contribution in [-0.4, -0.2) is 17.4 Å². The van der Waals surface area contributed by atoms with Crippen molar-refractivity contribution in [3.8, 4) is 0 Å². The zero-order valence-electron chi connectivity index (χ0n) is 1.08. The Kier molecular flexibility index (Phi) is 99.3. The first-order valence-corrected chi connectivity index (χ1v) is 0.854. The van der Waals surface area contributed by atoms with E-state index in [1.54, 1.807) is 0 Å². The van der Waals surface area contributed by atoms with E-state index >= 15 is 0 Å². The van der Waals surface area contributed by atoms with Crippen LogP contribution in [0.4, 0.5) is 0 Å². The maximum absolute atomic E-state index is 8.18. The van der Waals surface area contributed by atoms with E-state index in [4.69, 9.17) is 3.57 Å². The van der Waals surface area contributed by atoms with Crippen molar-refractivity contribution in [1.29, 1.82) is 0 Å². The zero-order valence-corrected chi connectivity index (χ0v) is 5.09. The Labute approximate surface area is 59.9 Å². The normalized spacial score (nSPS) is 1.25. The molecule has 0 radical (unpaired) electrons. The monoisotopic (exact) mass is 343 g/mol. The van der Waals surface area contributed by atoms with Gasteiger partial charge < -0.3 is 0 Å². The third-order valence-electron chi connectivity index (χ3n) is 0. The molecule has 0 saturated heterocycles. The van der Waals surface area contributed by atoms with Crippen molar-refractivity contribution in [2.75, 3.05) is 0 Å². The Hall–Kier alpha value is 1.64. The SMILES string of the molecule is [AlH3].[O]=[Ru].[Pt]. The first kappa shape index (κ1) is 17.4. The first-order chi connectivity index (χ1) is 1.00. The largest absolute Gasteiger partial charge is 0 e. The molecule has 0 saturated carbocycles. The van der Waals surface area contributed by atoms with Gasteiger partial charge in [0.1, 0.15) is 0 Å². The predicted molar refractivity (Wildman–Crippen MR) is 10.6 cm³/mol. The van der Waals surface area contributed by atoms with E-state index in [9.17, 15) is 0 Å². The molecule has 0 heterocycles. The van der Waals surface area contributed by atoms with Crippen LogP contribution in [-0.2, 0) is 42.9 Å². The van der Waals surface area contributed by atoms with Crippen molar-refractivity contribution >= 4 is 17.4 Å². The molecule has 1 nitrogen and oxygen atoms in total. The van der Waals surface area contributed by atoms with Crippen LogP contribution in [0.25, 0.3) is 0 Å². The molecule has 0 aliphatic carbocycles. The van der Waals surface area contributed by atoms with Gasteiger partial charge in [0.2, 0.25) is 0 Å². The summed E-state index contributed by atoms with van der Waals surface area (Å²) in [6.07, 6.45) is 0. The van der Waals surface area contributed by atoms with E-state index < -0.39 is 0 Å². The van der Waals surface area contributed by atoms with E-state index in [0.717, 1.165) is 18.3 Å². The third kappa shape index (κ3) is 9.43. The Morgan fingerprint density at radius 1 is 1.25 bits per heavy atom. The van der Waals surface area contributed by atoms with Crippen LogP contribution in [0, 0.1) is 0 Å². The molecule has 0 unspecified atom stereocenters. The van der Waals surface area contributed by atoms with Crippen molar-refractivity contribution in [2.24, 2.45) is 0 Å². The average Bonchev–Trinajstić information content (AvgIpc) is 1.00. The maximum atomic E-state index is 8.18. The zero-order chi connectivity index (χ0) is 2.00. The molecule has 4 heteroatoms. The third-order valence-corrected chi connectivity index (χ3v) is 0. The van der Waals surface area contributed by atoms with Crippen molar-refractivity contribution in [3.05, 3.63) is 0 Å². The Morgan fingerprint density at radius 3 is 1.25 bits per heavy atom. The molecular formula is H3AlOPtRu. The second-order valence-electron chi connectivity index (χ2n) is 0. The summed E-state index contributed by atoms with van der Waals surface area (Å²) in [6.45, 7) is 0. The minimum Gasteiger partial charge on any atom is 0 e. The van der Waals surface area contributed by atoms with Gasteiger partial charge in [-0.05, 0) is 0 Å². The van der Waals surface area contributed by atoms with Gasteiger partial charge in [-0.2, -0.15) is 0 Å². The molecule has 0 fully saturated rings. The molecule has 0 aromatic carbocycles. The van der Waals surface area contributed by atoms with Gasteiger partial charge in [0.05, 0.1) is 0 Å². The fourth-order valence-corrected chi connectivity index (χ4v) is 0. The first-order valence-electron chi connectivity index (χ1n) is 0.144. The van der Waals surface area contributed by atoms with Gasteiger partial charge in [-0.1, -0.05) is 0 Å². The smallest absolute Gasteiger partial charge is 0 e. The second kappa shape index (κ2) is 22.8. The predicted octanol–water partition coefficient (Wildman–Crippen LogP) is -1.31. The summed E-state index contributed by atoms with van der Waals surface area (Å²) in [5.41, 5.74) is 0. The molecule has 30 valence electrons. The molecular weight excluding hydrogens is 339 g/mol. The fourth-order valence-electron chi connectivity index (χ4n) is 0. The summed E-state index contributed by atoms with van der Waals surface area (Å²) in [5, 5.41) is 0. The summed E-state index contributed by atoms with van der Waals surface area (Å²) in [4.78, 5) is 0. The molecule has 0 aliphatic rings. The van der Waals surface area contributed by atoms with Gasteiger partial charge in [0.15, 0.2) is 17.4 Å². The van der Waals surface area contributed by atoms with Crippen LogP contribution in [0.15, 0.2) is 0 Å². The topological polar surface area (TPSA) is 17.1 Å². The van der Waals surface area contributed by atoms with Crippen LogP contribution < -0.4 is 0 Å². The Balaban J connectivity index is -0.00000000500. The molecule has 0 atom stereocenters. The van der Waals surface area contributed by atoms with Gasteiger partial charge in [0.25, 0.3) is 0 Å². The minimum absolute atomic E-state index is 0. The molecule has 0 bridgehead atoms. The van der Waals surface area contributed by atoms with Crippen molar-refractivity contribution in [1.82, 2.24) is 0 Å². The van der Waals surface area contributed by atoms with Crippen LogP contribution in [0.1, 0.15) is 0 Å². The van der Waals surface area contributed by atoms with Crippen LogP contribution in [0.5, 0.6) is 0 Å². The molecule has 4 heavy (non-hydrogen) atoms. The summed E-state index contributed by atoms with van der Waals surface area (Å²) in [5.74, 6) is 0. The molecule has 0 aromatic rings. The van der Waals surface area contributed by atoms with E-state index in [1.165, 1.54) is 0 Å². The van der Waals surface area contributed by atoms with Gasteiger partial charge in [-0.15, -0.1) is 0 Å². The molecule has 0 amide bonds. The van der Waals surface area contributed by atoms with Gasteiger partial charge in [-0.25, -0.2) is 0 Å². The molecule has 0 rings (SSSR count). The number of hydrogen-bond donors (Lipinski definition) is 0. The minimum atomic E-state index is 0. The fraction of sp³-hybridized carbons (Fsp3) is 0. The molecule has 0 aromatic heterocycles. The van der Waals surface area contributed by atoms with Crippen LogP contribution >= 0.6 is 0 Å². The van der Waals surface area contributed by atoms with Crippen molar-refractivity contribution in [3.63, 3.8) is 0 Å². The second-order valence-corrected chi connectivity index (χ2v) is 0. The molecule has 0 spiro atoms. The van der Waals surface area contributed by atoms with Crippen molar-refractivity contribution in [2.45, 2.75) is 0 Å². The molecule has 0 aliphatic heterocycles. The summed E-state index contributed by atoms with van der Waals surface area (Å²) in [7, 11) is 0. The summed E-state index contributed by atoms with van der Waals surface area (Å²) in [6, 6.07) is 0. The summed E-state index contributed by atoms with van der Waals surface area (Å²) >= 11 is 1.10. The Bertz CT molecular complexity index is 8.00. The average molecular weight is 342 g/mol. The van der Waals surface area contributed by atoms with Gasteiger partial charge >= 0.3 is 21.8 Å². The number of rotatable bonds is 0. The van der Waals surface area contributed by atoms with E-state index in [2.05, 4.69) is 0 Å².